The zero-order valence-electron chi connectivity index (χ0n) is 8.77. The van der Waals surface area contributed by atoms with Crippen LogP contribution in [0.25, 0.3) is 0 Å². The maximum absolute atomic E-state index is 9.49. The molecule has 0 aromatic heterocycles. The number of benzene rings is 1. The van der Waals surface area contributed by atoms with Gasteiger partial charge in [0.05, 0.1) is 17.4 Å². The Morgan fingerprint density at radius 3 is 2.93 bits per heavy atom. The SMILES string of the molecule is Cc1cccc(C#N)c1N1CC[C@@H](O)C1. The molecule has 1 heterocycles. The molecule has 2 rings (SSSR count). The summed E-state index contributed by atoms with van der Waals surface area (Å²) in [6.07, 6.45) is 0.537. The van der Waals surface area contributed by atoms with Crippen LogP contribution in [0.5, 0.6) is 0 Å². The molecular formula is C12H14N2O. The Labute approximate surface area is 89.6 Å². The van der Waals surface area contributed by atoms with Crippen LogP contribution in [-0.4, -0.2) is 24.3 Å². The van der Waals surface area contributed by atoms with Crippen molar-refractivity contribution in [3.63, 3.8) is 0 Å². The van der Waals surface area contributed by atoms with E-state index in [0.717, 1.165) is 24.2 Å². The molecule has 3 nitrogen and oxygen atoms in total. The summed E-state index contributed by atoms with van der Waals surface area (Å²) in [4.78, 5) is 2.10. The molecule has 0 radical (unpaired) electrons. The minimum absolute atomic E-state index is 0.254. The van der Waals surface area contributed by atoms with E-state index in [1.807, 2.05) is 25.1 Å². The van der Waals surface area contributed by atoms with E-state index in [1.54, 1.807) is 0 Å². The van der Waals surface area contributed by atoms with Gasteiger partial charge < -0.3 is 10.0 Å². The summed E-state index contributed by atoms with van der Waals surface area (Å²) in [5.41, 5.74) is 2.78. The van der Waals surface area contributed by atoms with E-state index in [9.17, 15) is 5.11 Å². The molecule has 1 aliphatic rings. The minimum atomic E-state index is -0.254. The Kier molecular flexibility index (Phi) is 2.61. The lowest BCUT2D eigenvalue weighted by Crippen LogP contribution is -2.22. The Bertz CT molecular complexity index is 409. The highest BCUT2D eigenvalue weighted by molar-refractivity contribution is 5.64. The maximum atomic E-state index is 9.49. The van der Waals surface area contributed by atoms with Crippen molar-refractivity contribution in [2.75, 3.05) is 18.0 Å². The Morgan fingerprint density at radius 2 is 2.33 bits per heavy atom. The van der Waals surface area contributed by atoms with E-state index in [1.165, 1.54) is 0 Å². The summed E-state index contributed by atoms with van der Waals surface area (Å²) in [7, 11) is 0. The normalized spacial score (nSPS) is 20.3. The fraction of sp³-hybridized carbons (Fsp3) is 0.417. The Morgan fingerprint density at radius 1 is 1.53 bits per heavy atom. The Hall–Kier alpha value is -1.53. The van der Waals surface area contributed by atoms with Gasteiger partial charge in [0.25, 0.3) is 0 Å². The molecule has 0 unspecified atom stereocenters. The average Bonchev–Trinajstić information content (AvgIpc) is 2.64. The molecule has 0 saturated carbocycles. The molecule has 1 aromatic rings. The smallest absolute Gasteiger partial charge is 0.101 e. The number of aliphatic hydroxyl groups is 1. The highest BCUT2D eigenvalue weighted by Crippen LogP contribution is 2.27. The number of nitrogens with zero attached hydrogens (tertiary/aromatic N) is 2. The number of para-hydroxylation sites is 1. The summed E-state index contributed by atoms with van der Waals surface area (Å²) >= 11 is 0. The monoisotopic (exact) mass is 202 g/mol. The lowest BCUT2D eigenvalue weighted by Gasteiger charge is -2.21. The summed E-state index contributed by atoms with van der Waals surface area (Å²) in [5, 5.41) is 18.5. The number of β-amino-alcohol motifs (C(OH)–C–C–N with tert-alkyl or cyclic N) is 1. The lowest BCUT2D eigenvalue weighted by atomic mass is 10.1. The van der Waals surface area contributed by atoms with Gasteiger partial charge in [-0.05, 0) is 25.0 Å². The topological polar surface area (TPSA) is 47.3 Å². The number of hydrogen-bond acceptors (Lipinski definition) is 3. The van der Waals surface area contributed by atoms with E-state index in [-0.39, 0.29) is 6.10 Å². The van der Waals surface area contributed by atoms with Crippen molar-refractivity contribution >= 4 is 5.69 Å². The second-order valence-corrected chi connectivity index (χ2v) is 3.97. The number of nitriles is 1. The van der Waals surface area contributed by atoms with Crippen molar-refractivity contribution in [1.82, 2.24) is 0 Å². The third-order valence-electron chi connectivity index (χ3n) is 2.84. The number of anilines is 1. The zero-order chi connectivity index (χ0) is 10.8. The molecule has 1 saturated heterocycles. The first kappa shape index (κ1) is 10.0. The molecular weight excluding hydrogens is 188 g/mol. The third kappa shape index (κ3) is 1.81. The summed E-state index contributed by atoms with van der Waals surface area (Å²) in [5.74, 6) is 0. The number of hydrogen-bond donors (Lipinski definition) is 1. The molecule has 1 atom stereocenters. The highest BCUT2D eigenvalue weighted by Gasteiger charge is 2.23. The molecule has 0 spiro atoms. The minimum Gasteiger partial charge on any atom is -0.391 e. The second kappa shape index (κ2) is 3.92. The third-order valence-corrected chi connectivity index (χ3v) is 2.84. The zero-order valence-corrected chi connectivity index (χ0v) is 8.77. The number of aliphatic hydroxyl groups excluding tert-OH is 1. The molecule has 1 aromatic carbocycles. The van der Waals surface area contributed by atoms with E-state index < -0.39 is 0 Å². The van der Waals surface area contributed by atoms with Crippen LogP contribution in [0.15, 0.2) is 18.2 Å². The van der Waals surface area contributed by atoms with E-state index in [2.05, 4.69) is 11.0 Å². The van der Waals surface area contributed by atoms with Crippen molar-refractivity contribution in [2.24, 2.45) is 0 Å². The quantitative estimate of drug-likeness (QED) is 0.749. The maximum Gasteiger partial charge on any atom is 0.101 e. The number of aryl methyl sites for hydroxylation is 1. The predicted octanol–water partition coefficient (Wildman–Crippen LogP) is 1.44. The molecule has 0 bridgehead atoms. The van der Waals surface area contributed by atoms with Gasteiger partial charge in [0.1, 0.15) is 6.07 Å². The lowest BCUT2D eigenvalue weighted by molar-refractivity contribution is 0.198. The van der Waals surface area contributed by atoms with Crippen LogP contribution in [0.1, 0.15) is 17.5 Å². The van der Waals surface area contributed by atoms with Gasteiger partial charge in [-0.15, -0.1) is 0 Å². The molecule has 1 fully saturated rings. The van der Waals surface area contributed by atoms with Gasteiger partial charge in [-0.3, -0.25) is 0 Å². The van der Waals surface area contributed by atoms with Gasteiger partial charge in [0.2, 0.25) is 0 Å². The van der Waals surface area contributed by atoms with Crippen LogP contribution in [0.4, 0.5) is 5.69 Å². The van der Waals surface area contributed by atoms with E-state index in [0.29, 0.717) is 12.1 Å². The van der Waals surface area contributed by atoms with Gasteiger partial charge >= 0.3 is 0 Å². The van der Waals surface area contributed by atoms with Crippen LogP contribution in [0, 0.1) is 18.3 Å². The van der Waals surface area contributed by atoms with Gasteiger partial charge in [-0.25, -0.2) is 0 Å². The average molecular weight is 202 g/mol. The molecule has 0 aliphatic carbocycles. The van der Waals surface area contributed by atoms with Crippen LogP contribution < -0.4 is 4.90 Å². The predicted molar refractivity (Wildman–Crippen MR) is 58.7 cm³/mol. The van der Waals surface area contributed by atoms with Crippen molar-refractivity contribution in [3.8, 4) is 6.07 Å². The van der Waals surface area contributed by atoms with E-state index >= 15 is 0 Å². The second-order valence-electron chi connectivity index (χ2n) is 3.97. The van der Waals surface area contributed by atoms with Gasteiger partial charge in [-0.1, -0.05) is 12.1 Å². The molecule has 1 aliphatic heterocycles. The highest BCUT2D eigenvalue weighted by atomic mass is 16.3. The molecule has 0 amide bonds. The van der Waals surface area contributed by atoms with E-state index in [4.69, 9.17) is 5.26 Å². The van der Waals surface area contributed by atoms with Crippen molar-refractivity contribution in [2.45, 2.75) is 19.4 Å². The molecule has 15 heavy (non-hydrogen) atoms. The first-order valence-electron chi connectivity index (χ1n) is 5.15. The van der Waals surface area contributed by atoms with Crippen molar-refractivity contribution in [3.05, 3.63) is 29.3 Å². The molecule has 78 valence electrons. The summed E-state index contributed by atoms with van der Waals surface area (Å²) in [6.45, 7) is 3.47. The largest absolute Gasteiger partial charge is 0.391 e. The molecule has 1 N–H and O–H groups in total. The van der Waals surface area contributed by atoms with Crippen LogP contribution in [-0.2, 0) is 0 Å². The number of rotatable bonds is 1. The summed E-state index contributed by atoms with van der Waals surface area (Å²) in [6, 6.07) is 7.92. The van der Waals surface area contributed by atoms with Gasteiger partial charge in [0.15, 0.2) is 0 Å². The first-order valence-corrected chi connectivity index (χ1v) is 5.15. The van der Waals surface area contributed by atoms with Crippen LogP contribution >= 0.6 is 0 Å². The van der Waals surface area contributed by atoms with Crippen molar-refractivity contribution < 1.29 is 5.11 Å². The Balaban J connectivity index is 2.39. The fourth-order valence-electron chi connectivity index (χ4n) is 2.11. The van der Waals surface area contributed by atoms with Crippen LogP contribution in [0.3, 0.4) is 0 Å². The molecule has 3 heteroatoms. The fourth-order valence-corrected chi connectivity index (χ4v) is 2.11. The summed E-state index contributed by atoms with van der Waals surface area (Å²) < 4.78 is 0. The van der Waals surface area contributed by atoms with Gasteiger partial charge in [0, 0.05) is 13.1 Å². The van der Waals surface area contributed by atoms with Gasteiger partial charge in [-0.2, -0.15) is 5.26 Å². The first-order chi connectivity index (χ1) is 7.22. The standard InChI is InChI=1S/C12H14N2O/c1-9-3-2-4-10(7-13)12(9)14-6-5-11(15)8-14/h2-4,11,15H,5-6,8H2,1H3/t11-/m1/s1. The van der Waals surface area contributed by atoms with Crippen molar-refractivity contribution in [1.29, 1.82) is 5.26 Å². The van der Waals surface area contributed by atoms with Crippen LogP contribution in [0.2, 0.25) is 0 Å².